The molecule has 0 fully saturated rings. The van der Waals surface area contributed by atoms with Gasteiger partial charge in [-0.15, -0.1) is 0 Å². The Balaban J connectivity index is 2.34. The molecule has 0 aliphatic heterocycles. The molecule has 14 heavy (non-hydrogen) atoms. The van der Waals surface area contributed by atoms with Crippen LogP contribution >= 0.6 is 31.9 Å². The van der Waals surface area contributed by atoms with E-state index in [2.05, 4.69) is 46.8 Å². The molecule has 0 amide bonds. The van der Waals surface area contributed by atoms with Crippen molar-refractivity contribution < 1.29 is 0 Å². The summed E-state index contributed by atoms with van der Waals surface area (Å²) in [6, 6.07) is 0. The molecule has 72 valence electrons. The summed E-state index contributed by atoms with van der Waals surface area (Å²) in [5.74, 6) is 0.757. The molecule has 0 unspecified atom stereocenters. The van der Waals surface area contributed by atoms with Gasteiger partial charge in [-0.2, -0.15) is 0 Å². The predicted molar refractivity (Wildman–Crippen MR) is 59.5 cm³/mol. The molecule has 2 rings (SSSR count). The number of alkyl halides is 1. The third kappa shape index (κ3) is 2.01. The number of hydrogen-bond donors (Lipinski definition) is 0. The van der Waals surface area contributed by atoms with Gasteiger partial charge in [-0.1, -0.05) is 15.9 Å². The minimum atomic E-state index is 0.724. The van der Waals surface area contributed by atoms with Gasteiger partial charge < -0.3 is 0 Å². The highest BCUT2D eigenvalue weighted by atomic mass is 79.9. The Hall–Kier alpha value is -0.750. The summed E-state index contributed by atoms with van der Waals surface area (Å²) in [5, 5.41) is 0.740. The molecule has 0 aliphatic rings. The SMILES string of the molecule is BrCc1cn(-c2cnc(Br)cn2)cn1. The molecular formula is C8H6Br2N4. The van der Waals surface area contributed by atoms with Crippen LogP contribution in [0.4, 0.5) is 0 Å². The molecular weight excluding hydrogens is 312 g/mol. The van der Waals surface area contributed by atoms with Gasteiger partial charge in [0.15, 0.2) is 5.82 Å². The Morgan fingerprint density at radius 2 is 2.07 bits per heavy atom. The molecule has 0 bridgehead atoms. The Bertz CT molecular complexity index is 423. The number of aromatic nitrogens is 4. The molecule has 0 atom stereocenters. The topological polar surface area (TPSA) is 43.6 Å². The number of imidazole rings is 1. The lowest BCUT2D eigenvalue weighted by molar-refractivity contribution is 0.963. The summed E-state index contributed by atoms with van der Waals surface area (Å²) < 4.78 is 2.55. The van der Waals surface area contributed by atoms with Crippen LogP contribution in [0.3, 0.4) is 0 Å². The fourth-order valence-corrected chi connectivity index (χ4v) is 1.49. The fourth-order valence-electron chi connectivity index (χ4n) is 0.997. The molecule has 2 aromatic heterocycles. The molecule has 0 saturated heterocycles. The van der Waals surface area contributed by atoms with Crippen molar-refractivity contribution in [2.75, 3.05) is 0 Å². The van der Waals surface area contributed by atoms with Crippen molar-refractivity contribution in [2.45, 2.75) is 5.33 Å². The van der Waals surface area contributed by atoms with Crippen molar-refractivity contribution in [2.24, 2.45) is 0 Å². The van der Waals surface area contributed by atoms with Crippen molar-refractivity contribution in [1.29, 1.82) is 0 Å². The van der Waals surface area contributed by atoms with E-state index < -0.39 is 0 Å². The van der Waals surface area contributed by atoms with Crippen molar-refractivity contribution >= 4 is 31.9 Å². The van der Waals surface area contributed by atoms with Crippen LogP contribution in [-0.4, -0.2) is 19.5 Å². The highest BCUT2D eigenvalue weighted by Crippen LogP contribution is 2.09. The second-order valence-corrected chi connectivity index (χ2v) is 3.98. The van der Waals surface area contributed by atoms with Crippen LogP contribution in [0.2, 0.25) is 0 Å². The number of nitrogens with zero attached hydrogens (tertiary/aromatic N) is 4. The maximum Gasteiger partial charge on any atom is 0.156 e. The van der Waals surface area contributed by atoms with E-state index in [1.54, 1.807) is 18.7 Å². The van der Waals surface area contributed by atoms with E-state index in [-0.39, 0.29) is 0 Å². The quantitative estimate of drug-likeness (QED) is 0.798. The lowest BCUT2D eigenvalue weighted by Crippen LogP contribution is -1.94. The zero-order chi connectivity index (χ0) is 9.97. The van der Waals surface area contributed by atoms with Gasteiger partial charge in [0.2, 0.25) is 0 Å². The zero-order valence-corrected chi connectivity index (χ0v) is 10.2. The van der Waals surface area contributed by atoms with Crippen LogP contribution in [0.25, 0.3) is 5.82 Å². The van der Waals surface area contributed by atoms with Gasteiger partial charge in [0.25, 0.3) is 0 Å². The zero-order valence-electron chi connectivity index (χ0n) is 7.06. The van der Waals surface area contributed by atoms with Crippen molar-refractivity contribution in [3.8, 4) is 5.82 Å². The lowest BCUT2D eigenvalue weighted by atomic mass is 10.5. The smallest absolute Gasteiger partial charge is 0.156 e. The van der Waals surface area contributed by atoms with Crippen LogP contribution in [0.1, 0.15) is 5.69 Å². The van der Waals surface area contributed by atoms with E-state index in [0.717, 1.165) is 21.4 Å². The van der Waals surface area contributed by atoms with Gasteiger partial charge in [-0.3, -0.25) is 4.57 Å². The van der Waals surface area contributed by atoms with E-state index in [1.165, 1.54) is 0 Å². The van der Waals surface area contributed by atoms with Crippen LogP contribution in [0, 0.1) is 0 Å². The molecule has 0 aromatic carbocycles. The molecule has 2 heterocycles. The molecule has 4 nitrogen and oxygen atoms in total. The molecule has 0 aliphatic carbocycles. The minimum absolute atomic E-state index is 0.724. The molecule has 0 saturated carbocycles. The van der Waals surface area contributed by atoms with E-state index in [9.17, 15) is 0 Å². The van der Waals surface area contributed by atoms with Gasteiger partial charge in [-0.05, 0) is 15.9 Å². The van der Waals surface area contributed by atoms with Crippen LogP contribution in [0.5, 0.6) is 0 Å². The highest BCUT2D eigenvalue weighted by molar-refractivity contribution is 9.10. The summed E-state index contributed by atoms with van der Waals surface area (Å²) in [6.07, 6.45) is 6.97. The van der Waals surface area contributed by atoms with E-state index >= 15 is 0 Å². The van der Waals surface area contributed by atoms with Crippen LogP contribution in [0.15, 0.2) is 29.5 Å². The molecule has 0 N–H and O–H groups in total. The number of rotatable bonds is 2. The third-order valence-electron chi connectivity index (χ3n) is 1.64. The van der Waals surface area contributed by atoms with E-state index in [4.69, 9.17) is 0 Å². The number of halogens is 2. The van der Waals surface area contributed by atoms with Crippen molar-refractivity contribution in [1.82, 2.24) is 19.5 Å². The monoisotopic (exact) mass is 316 g/mol. The molecule has 0 spiro atoms. The highest BCUT2D eigenvalue weighted by Gasteiger charge is 2.00. The third-order valence-corrected chi connectivity index (χ3v) is 2.63. The second-order valence-electron chi connectivity index (χ2n) is 2.60. The molecule has 6 heteroatoms. The first-order chi connectivity index (χ1) is 6.79. The summed E-state index contributed by atoms with van der Waals surface area (Å²) in [7, 11) is 0. The summed E-state index contributed by atoms with van der Waals surface area (Å²) >= 11 is 6.57. The average molecular weight is 318 g/mol. The fraction of sp³-hybridized carbons (Fsp3) is 0.125. The molecule has 0 radical (unpaired) electrons. The Morgan fingerprint density at radius 3 is 2.64 bits per heavy atom. The Labute approximate surface area is 97.7 Å². The second kappa shape index (κ2) is 4.18. The predicted octanol–water partition coefficient (Wildman–Crippen LogP) is 2.32. The lowest BCUT2D eigenvalue weighted by Gasteiger charge is -1.98. The first kappa shape index (κ1) is 9.79. The minimum Gasteiger partial charge on any atom is -0.289 e. The Morgan fingerprint density at radius 1 is 1.21 bits per heavy atom. The van der Waals surface area contributed by atoms with Gasteiger partial charge in [0, 0.05) is 11.5 Å². The van der Waals surface area contributed by atoms with E-state index in [1.807, 2.05) is 10.8 Å². The number of hydrogen-bond acceptors (Lipinski definition) is 3. The van der Waals surface area contributed by atoms with Gasteiger partial charge in [0.05, 0.1) is 18.1 Å². The first-order valence-electron chi connectivity index (χ1n) is 3.86. The summed E-state index contributed by atoms with van der Waals surface area (Å²) in [6.45, 7) is 0. The first-order valence-corrected chi connectivity index (χ1v) is 5.78. The van der Waals surface area contributed by atoms with E-state index in [0.29, 0.717) is 0 Å². The standard InChI is InChI=1S/C8H6Br2N4/c9-1-6-4-14(5-13-6)8-3-11-7(10)2-12-8/h2-5H,1H2. The molecule has 2 aromatic rings. The van der Waals surface area contributed by atoms with Crippen LogP contribution in [-0.2, 0) is 5.33 Å². The van der Waals surface area contributed by atoms with Crippen LogP contribution < -0.4 is 0 Å². The Kier molecular flexibility index (Phi) is 2.93. The van der Waals surface area contributed by atoms with Gasteiger partial charge in [0.1, 0.15) is 10.9 Å². The normalized spacial score (nSPS) is 10.4. The van der Waals surface area contributed by atoms with Crippen molar-refractivity contribution in [3.05, 3.63) is 35.2 Å². The maximum atomic E-state index is 4.19. The van der Waals surface area contributed by atoms with Crippen molar-refractivity contribution in [3.63, 3.8) is 0 Å². The average Bonchev–Trinajstić information content (AvgIpc) is 2.67. The van der Waals surface area contributed by atoms with Gasteiger partial charge >= 0.3 is 0 Å². The van der Waals surface area contributed by atoms with Gasteiger partial charge in [-0.25, -0.2) is 15.0 Å². The largest absolute Gasteiger partial charge is 0.289 e. The maximum absolute atomic E-state index is 4.19. The summed E-state index contributed by atoms with van der Waals surface area (Å²) in [5.41, 5.74) is 0.967. The summed E-state index contributed by atoms with van der Waals surface area (Å²) in [4.78, 5) is 12.4.